The maximum absolute atomic E-state index is 13.0. The Labute approximate surface area is 176 Å². The third-order valence-electron chi connectivity index (χ3n) is 5.29. The molecule has 154 valence electrons. The topological polar surface area (TPSA) is 93.7 Å². The molecule has 30 heavy (non-hydrogen) atoms. The molecule has 0 spiro atoms. The Hall–Kier alpha value is -3.04. The van der Waals surface area contributed by atoms with Crippen LogP contribution in [-0.4, -0.2) is 41.1 Å². The van der Waals surface area contributed by atoms with Crippen LogP contribution < -0.4 is 15.0 Å². The first-order valence-corrected chi connectivity index (χ1v) is 10.6. The van der Waals surface area contributed by atoms with Gasteiger partial charge in [-0.15, -0.1) is 11.3 Å². The van der Waals surface area contributed by atoms with E-state index in [0.29, 0.717) is 51.6 Å². The van der Waals surface area contributed by atoms with Crippen molar-refractivity contribution in [3.05, 3.63) is 35.0 Å². The van der Waals surface area contributed by atoms with Gasteiger partial charge in [0.25, 0.3) is 0 Å². The lowest BCUT2D eigenvalue weighted by Gasteiger charge is -2.29. The van der Waals surface area contributed by atoms with Crippen molar-refractivity contribution in [2.75, 3.05) is 23.4 Å². The van der Waals surface area contributed by atoms with Crippen molar-refractivity contribution in [3.8, 4) is 5.88 Å². The van der Waals surface area contributed by atoms with Crippen LogP contribution in [0.1, 0.15) is 35.1 Å². The summed E-state index contributed by atoms with van der Waals surface area (Å²) in [4.78, 5) is 36.8. The van der Waals surface area contributed by atoms with E-state index in [2.05, 4.69) is 15.3 Å². The number of nitrogens with one attached hydrogen (secondary N) is 1. The SMILES string of the molecule is CC(=O)c1sc2nccc3c2c1NC(=O)N3c1ccc(OC2CCOCC2)nc1C. The maximum atomic E-state index is 13.0. The van der Waals surface area contributed by atoms with Gasteiger partial charge in [0.15, 0.2) is 5.78 Å². The predicted molar refractivity (Wildman–Crippen MR) is 114 cm³/mol. The molecule has 9 heteroatoms. The summed E-state index contributed by atoms with van der Waals surface area (Å²) in [5.74, 6) is 0.440. The number of urea groups is 1. The number of carbonyl (C=O) groups excluding carboxylic acids is 2. The minimum atomic E-state index is -0.334. The molecule has 5 rings (SSSR count). The molecule has 1 N–H and O–H groups in total. The summed E-state index contributed by atoms with van der Waals surface area (Å²) in [6, 6.07) is 5.08. The highest BCUT2D eigenvalue weighted by Gasteiger charge is 2.32. The standard InChI is InChI=1S/C21H20N4O4S/c1-11-14(3-4-16(23-11)29-13-6-9-28-10-7-13)25-15-5-8-22-20-17(15)18(24-21(25)27)19(30-20)12(2)26/h3-5,8,13H,6-7,9-10H2,1-2H3,(H,24,27). The number of anilines is 3. The van der Waals surface area contributed by atoms with Gasteiger partial charge in [0.05, 0.1) is 46.2 Å². The lowest BCUT2D eigenvalue weighted by molar-refractivity contribution is 0.0237. The predicted octanol–water partition coefficient (Wildman–Crippen LogP) is 4.44. The second kappa shape index (κ2) is 7.33. The minimum absolute atomic E-state index is 0.0907. The van der Waals surface area contributed by atoms with Crippen LogP contribution in [0, 0.1) is 6.92 Å². The van der Waals surface area contributed by atoms with E-state index >= 15 is 0 Å². The lowest BCUT2D eigenvalue weighted by atomic mass is 10.1. The third kappa shape index (κ3) is 3.10. The lowest BCUT2D eigenvalue weighted by Crippen LogP contribution is -2.34. The molecule has 5 heterocycles. The molecule has 2 aliphatic rings. The molecule has 0 radical (unpaired) electrons. The van der Waals surface area contributed by atoms with Gasteiger partial charge in [-0.2, -0.15) is 0 Å². The number of amides is 2. The van der Waals surface area contributed by atoms with Gasteiger partial charge in [0.1, 0.15) is 10.9 Å². The Morgan fingerprint density at radius 2 is 2.07 bits per heavy atom. The number of ether oxygens (including phenoxy) is 2. The first-order chi connectivity index (χ1) is 14.5. The van der Waals surface area contributed by atoms with Gasteiger partial charge in [-0.1, -0.05) is 0 Å². The molecule has 2 aliphatic heterocycles. The molecule has 0 atom stereocenters. The van der Waals surface area contributed by atoms with E-state index in [0.717, 1.165) is 18.2 Å². The van der Waals surface area contributed by atoms with Gasteiger partial charge in [-0.3, -0.25) is 9.69 Å². The van der Waals surface area contributed by atoms with Gasteiger partial charge >= 0.3 is 6.03 Å². The molecule has 0 bridgehead atoms. The van der Waals surface area contributed by atoms with Crippen molar-refractivity contribution < 1.29 is 19.1 Å². The number of hydrogen-bond acceptors (Lipinski definition) is 7. The largest absolute Gasteiger partial charge is 0.474 e. The number of thiophene rings is 1. The normalized spacial score (nSPS) is 16.6. The van der Waals surface area contributed by atoms with E-state index < -0.39 is 0 Å². The van der Waals surface area contributed by atoms with E-state index in [1.807, 2.05) is 13.0 Å². The number of nitrogens with zero attached hydrogens (tertiary/aromatic N) is 3. The van der Waals surface area contributed by atoms with E-state index in [1.165, 1.54) is 18.3 Å². The average molecular weight is 424 g/mol. The number of aryl methyl sites for hydroxylation is 1. The second-order valence-electron chi connectivity index (χ2n) is 7.32. The molecule has 0 aliphatic carbocycles. The Morgan fingerprint density at radius 1 is 1.27 bits per heavy atom. The molecule has 1 fully saturated rings. The maximum Gasteiger partial charge on any atom is 0.331 e. The van der Waals surface area contributed by atoms with Gasteiger partial charge in [0, 0.05) is 32.0 Å². The smallest absolute Gasteiger partial charge is 0.331 e. The summed E-state index contributed by atoms with van der Waals surface area (Å²) in [5.41, 5.74) is 2.55. The van der Waals surface area contributed by atoms with Crippen LogP contribution in [0.25, 0.3) is 10.2 Å². The summed E-state index contributed by atoms with van der Waals surface area (Å²) >= 11 is 1.29. The van der Waals surface area contributed by atoms with Crippen LogP contribution in [-0.2, 0) is 4.74 Å². The first-order valence-electron chi connectivity index (χ1n) is 9.78. The van der Waals surface area contributed by atoms with Gasteiger partial charge < -0.3 is 14.8 Å². The average Bonchev–Trinajstić information content (AvgIpc) is 3.10. The number of hydrogen-bond donors (Lipinski definition) is 1. The number of pyridine rings is 2. The highest BCUT2D eigenvalue weighted by molar-refractivity contribution is 7.21. The Bertz CT molecular complexity index is 1170. The van der Waals surface area contributed by atoms with Gasteiger partial charge in [0.2, 0.25) is 5.88 Å². The minimum Gasteiger partial charge on any atom is -0.474 e. The Morgan fingerprint density at radius 3 is 2.80 bits per heavy atom. The van der Waals surface area contributed by atoms with E-state index in [1.54, 1.807) is 23.2 Å². The van der Waals surface area contributed by atoms with E-state index in [4.69, 9.17) is 9.47 Å². The summed E-state index contributed by atoms with van der Waals surface area (Å²) < 4.78 is 11.4. The highest BCUT2D eigenvalue weighted by atomic mass is 32.1. The number of aromatic nitrogens is 2. The molecule has 1 saturated heterocycles. The van der Waals surface area contributed by atoms with Crippen LogP contribution in [0.5, 0.6) is 5.88 Å². The van der Waals surface area contributed by atoms with Crippen LogP contribution in [0.2, 0.25) is 0 Å². The molecule has 2 amide bonds. The Balaban J connectivity index is 1.54. The summed E-state index contributed by atoms with van der Waals surface area (Å²) in [7, 11) is 0. The molecule has 8 nitrogen and oxygen atoms in total. The zero-order chi connectivity index (χ0) is 20.8. The molecule has 0 saturated carbocycles. The number of rotatable bonds is 4. The molecular formula is C21H20N4O4S. The van der Waals surface area contributed by atoms with Crippen molar-refractivity contribution >= 4 is 50.4 Å². The zero-order valence-electron chi connectivity index (χ0n) is 16.6. The quantitative estimate of drug-likeness (QED) is 0.622. The first kappa shape index (κ1) is 19.0. The van der Waals surface area contributed by atoms with Gasteiger partial charge in [-0.05, 0) is 19.1 Å². The second-order valence-corrected chi connectivity index (χ2v) is 8.32. The molecule has 0 aromatic carbocycles. The van der Waals surface area contributed by atoms with Crippen molar-refractivity contribution in [1.82, 2.24) is 9.97 Å². The third-order valence-corrected chi connectivity index (χ3v) is 6.49. The van der Waals surface area contributed by atoms with Crippen molar-refractivity contribution in [2.24, 2.45) is 0 Å². The number of Topliss-reactive ketones (excluding diaryl/α,β-unsaturated/α-hetero) is 1. The monoisotopic (exact) mass is 424 g/mol. The molecular weight excluding hydrogens is 404 g/mol. The van der Waals surface area contributed by atoms with E-state index in [-0.39, 0.29) is 17.9 Å². The molecule has 3 aromatic heterocycles. The van der Waals surface area contributed by atoms with Crippen molar-refractivity contribution in [1.29, 1.82) is 0 Å². The van der Waals surface area contributed by atoms with Gasteiger partial charge in [-0.25, -0.2) is 14.8 Å². The molecule has 0 unspecified atom stereocenters. The number of carbonyl (C=O) groups is 2. The van der Waals surface area contributed by atoms with Crippen LogP contribution in [0.3, 0.4) is 0 Å². The summed E-state index contributed by atoms with van der Waals surface area (Å²) in [6.07, 6.45) is 3.42. The van der Waals surface area contributed by atoms with Crippen molar-refractivity contribution in [3.63, 3.8) is 0 Å². The fourth-order valence-electron chi connectivity index (χ4n) is 3.87. The highest BCUT2D eigenvalue weighted by Crippen LogP contribution is 2.46. The fourth-order valence-corrected chi connectivity index (χ4v) is 4.88. The Kier molecular flexibility index (Phi) is 4.63. The summed E-state index contributed by atoms with van der Waals surface area (Å²) in [5, 5.41) is 3.65. The van der Waals surface area contributed by atoms with Crippen LogP contribution in [0.15, 0.2) is 24.4 Å². The van der Waals surface area contributed by atoms with Crippen LogP contribution >= 0.6 is 11.3 Å². The zero-order valence-corrected chi connectivity index (χ0v) is 17.4. The molecule has 3 aromatic rings. The van der Waals surface area contributed by atoms with Crippen molar-refractivity contribution in [2.45, 2.75) is 32.8 Å². The van der Waals surface area contributed by atoms with E-state index in [9.17, 15) is 9.59 Å². The van der Waals surface area contributed by atoms with Crippen LogP contribution in [0.4, 0.5) is 21.9 Å². The fraction of sp³-hybridized carbons (Fsp3) is 0.333. The summed E-state index contributed by atoms with van der Waals surface area (Å²) in [6.45, 7) is 4.73. The number of ketones is 1.